The van der Waals surface area contributed by atoms with E-state index in [0.29, 0.717) is 12.3 Å². The summed E-state index contributed by atoms with van der Waals surface area (Å²) in [7, 11) is 0. The maximum Gasteiger partial charge on any atom is 0.292 e. The van der Waals surface area contributed by atoms with Gasteiger partial charge in [-0.3, -0.25) is 9.69 Å². The molecule has 0 aromatic heterocycles. The van der Waals surface area contributed by atoms with E-state index in [1.54, 1.807) is 0 Å². The molecule has 1 saturated heterocycles. The van der Waals surface area contributed by atoms with Gasteiger partial charge in [0.15, 0.2) is 0 Å². The predicted molar refractivity (Wildman–Crippen MR) is 122 cm³/mol. The summed E-state index contributed by atoms with van der Waals surface area (Å²) >= 11 is 1.30. The summed E-state index contributed by atoms with van der Waals surface area (Å²) in [4.78, 5) is 14.9. The molecule has 0 saturated carbocycles. The Morgan fingerprint density at radius 1 is 0.968 bits per heavy atom. The van der Waals surface area contributed by atoms with Gasteiger partial charge in [0, 0.05) is 12.0 Å². The lowest BCUT2D eigenvalue weighted by molar-refractivity contribution is -0.180. The van der Waals surface area contributed by atoms with E-state index in [2.05, 4.69) is 18.2 Å². The first-order valence-corrected chi connectivity index (χ1v) is 11.4. The minimum atomic E-state index is -0.937. The Hall–Kier alpha value is -3.25. The molecule has 3 aromatic rings. The fraction of sp³-hybridized carbons (Fsp3) is 0.200. The van der Waals surface area contributed by atoms with Crippen molar-refractivity contribution in [2.24, 2.45) is 5.10 Å². The first-order chi connectivity index (χ1) is 15.2. The zero-order chi connectivity index (χ0) is 20.8. The van der Waals surface area contributed by atoms with Crippen molar-refractivity contribution >= 4 is 22.7 Å². The number of benzene rings is 3. The Balaban J connectivity index is 1.47. The Morgan fingerprint density at radius 2 is 1.68 bits per heavy atom. The molecule has 6 rings (SSSR count). The maximum absolute atomic E-state index is 13.0. The van der Waals surface area contributed by atoms with Crippen molar-refractivity contribution in [1.29, 1.82) is 0 Å². The number of carbonyl (C=O) groups excluding carboxylic acids is 1. The third-order valence-electron chi connectivity index (χ3n) is 6.14. The van der Waals surface area contributed by atoms with Crippen LogP contribution in [0.1, 0.15) is 29.2 Å². The van der Waals surface area contributed by atoms with Crippen molar-refractivity contribution < 1.29 is 9.53 Å². The Bertz CT molecular complexity index is 1170. The van der Waals surface area contributed by atoms with Gasteiger partial charge in [-0.05, 0) is 17.2 Å². The maximum atomic E-state index is 13.0. The predicted octanol–water partition coefficient (Wildman–Crippen LogP) is 5.25. The molecule has 154 valence electrons. The molecular weight excluding hydrogens is 406 g/mol. The summed E-state index contributed by atoms with van der Waals surface area (Å²) in [5.74, 6) is 0.406. The molecule has 2 atom stereocenters. The molecule has 31 heavy (non-hydrogen) atoms. The van der Waals surface area contributed by atoms with Gasteiger partial charge in [-0.2, -0.15) is 5.10 Å². The molecule has 1 amide bonds. The number of hydrazone groups is 1. The number of fused-ring (bicyclic) bond motifs is 4. The molecule has 2 unspecified atom stereocenters. The normalized spacial score (nSPS) is 24.1. The summed E-state index contributed by atoms with van der Waals surface area (Å²) in [5.41, 5.74) is 4.32. The summed E-state index contributed by atoms with van der Waals surface area (Å²) in [6.07, 6.45) is 0.782. The van der Waals surface area contributed by atoms with Crippen LogP contribution in [0.3, 0.4) is 0 Å². The smallest absolute Gasteiger partial charge is 0.292 e. The van der Waals surface area contributed by atoms with Gasteiger partial charge in [-0.1, -0.05) is 90.6 Å². The average molecular weight is 428 g/mol. The summed E-state index contributed by atoms with van der Waals surface area (Å²) in [6.45, 7) is 0.480. The second-order valence-electron chi connectivity index (χ2n) is 7.99. The highest BCUT2D eigenvalue weighted by Gasteiger charge is 2.59. The SMILES string of the molecule is O=C1SCC2(Oc3ccccc3C3CC(c4ccccc4)=NN32)N1Cc1ccccc1. The molecule has 3 aliphatic heterocycles. The number of amides is 1. The molecule has 0 aliphatic carbocycles. The van der Waals surface area contributed by atoms with E-state index in [9.17, 15) is 4.79 Å². The third kappa shape index (κ3) is 2.93. The Kier molecular flexibility index (Phi) is 4.28. The fourth-order valence-corrected chi connectivity index (χ4v) is 5.66. The lowest BCUT2D eigenvalue weighted by Gasteiger charge is -2.48. The van der Waals surface area contributed by atoms with Crippen LogP contribution in [0.4, 0.5) is 4.79 Å². The van der Waals surface area contributed by atoms with Gasteiger partial charge in [-0.15, -0.1) is 0 Å². The molecule has 0 N–H and O–H groups in total. The minimum Gasteiger partial charge on any atom is -0.447 e. The average Bonchev–Trinajstić information content (AvgIpc) is 3.40. The monoisotopic (exact) mass is 427 g/mol. The highest BCUT2D eigenvalue weighted by molar-refractivity contribution is 8.13. The highest BCUT2D eigenvalue weighted by Crippen LogP contribution is 2.51. The summed E-state index contributed by atoms with van der Waals surface area (Å²) in [5, 5.41) is 7.12. The number of para-hydroxylation sites is 1. The largest absolute Gasteiger partial charge is 0.447 e. The van der Waals surface area contributed by atoms with E-state index in [1.165, 1.54) is 11.8 Å². The van der Waals surface area contributed by atoms with Crippen LogP contribution in [0.5, 0.6) is 5.75 Å². The van der Waals surface area contributed by atoms with E-state index in [4.69, 9.17) is 9.84 Å². The molecule has 3 aromatic carbocycles. The molecule has 1 spiro atoms. The number of hydrogen-bond donors (Lipinski definition) is 0. The molecule has 3 aliphatic rings. The molecule has 6 heteroatoms. The van der Waals surface area contributed by atoms with Crippen molar-refractivity contribution in [2.45, 2.75) is 24.9 Å². The van der Waals surface area contributed by atoms with Crippen molar-refractivity contribution in [3.8, 4) is 5.75 Å². The quantitative estimate of drug-likeness (QED) is 0.573. The van der Waals surface area contributed by atoms with Crippen LogP contribution < -0.4 is 4.74 Å². The topological polar surface area (TPSA) is 45.1 Å². The van der Waals surface area contributed by atoms with E-state index < -0.39 is 5.85 Å². The van der Waals surface area contributed by atoms with Gasteiger partial charge in [0.25, 0.3) is 11.1 Å². The van der Waals surface area contributed by atoms with Crippen LogP contribution in [-0.2, 0) is 6.54 Å². The van der Waals surface area contributed by atoms with Crippen molar-refractivity contribution in [3.63, 3.8) is 0 Å². The molecular formula is C25H21N3O2S. The zero-order valence-electron chi connectivity index (χ0n) is 16.8. The molecule has 1 fully saturated rings. The Morgan fingerprint density at radius 3 is 2.48 bits per heavy atom. The second-order valence-corrected chi connectivity index (χ2v) is 8.91. The van der Waals surface area contributed by atoms with Crippen molar-refractivity contribution in [2.75, 3.05) is 5.75 Å². The van der Waals surface area contributed by atoms with Gasteiger partial charge < -0.3 is 4.74 Å². The van der Waals surface area contributed by atoms with E-state index in [-0.39, 0.29) is 11.3 Å². The molecule has 5 nitrogen and oxygen atoms in total. The molecule has 3 heterocycles. The van der Waals surface area contributed by atoms with Crippen molar-refractivity contribution in [1.82, 2.24) is 9.91 Å². The van der Waals surface area contributed by atoms with Gasteiger partial charge in [0.05, 0.1) is 24.1 Å². The first-order valence-electron chi connectivity index (χ1n) is 10.4. The number of hydrogen-bond acceptors (Lipinski definition) is 5. The van der Waals surface area contributed by atoms with Gasteiger partial charge in [-0.25, -0.2) is 5.01 Å². The molecule has 0 radical (unpaired) electrons. The Labute approximate surface area is 185 Å². The number of rotatable bonds is 3. The number of ether oxygens (including phenoxy) is 1. The second kappa shape index (κ2) is 7.17. The fourth-order valence-electron chi connectivity index (χ4n) is 4.63. The first kappa shape index (κ1) is 18.5. The van der Waals surface area contributed by atoms with Crippen LogP contribution in [0, 0.1) is 0 Å². The van der Waals surface area contributed by atoms with Gasteiger partial charge in [0.2, 0.25) is 0 Å². The summed E-state index contributed by atoms with van der Waals surface area (Å²) < 4.78 is 6.64. The van der Waals surface area contributed by atoms with Crippen LogP contribution in [0.25, 0.3) is 0 Å². The third-order valence-corrected chi connectivity index (χ3v) is 7.12. The van der Waals surface area contributed by atoms with Crippen LogP contribution in [0.15, 0.2) is 90.0 Å². The lowest BCUT2D eigenvalue weighted by atomic mass is 9.96. The number of thioether (sulfide) groups is 1. The van der Waals surface area contributed by atoms with Crippen molar-refractivity contribution in [3.05, 3.63) is 102 Å². The minimum absolute atomic E-state index is 0.0188. The van der Waals surface area contributed by atoms with Crippen LogP contribution >= 0.6 is 11.8 Å². The highest BCUT2D eigenvalue weighted by atomic mass is 32.2. The number of carbonyl (C=O) groups is 1. The van der Waals surface area contributed by atoms with Crippen LogP contribution in [-0.4, -0.2) is 32.5 Å². The van der Waals surface area contributed by atoms with Gasteiger partial charge in [0.1, 0.15) is 5.75 Å². The van der Waals surface area contributed by atoms with Crippen LogP contribution in [0.2, 0.25) is 0 Å². The summed E-state index contributed by atoms with van der Waals surface area (Å²) in [6, 6.07) is 28.5. The lowest BCUT2D eigenvalue weighted by Crippen LogP contribution is -2.63. The van der Waals surface area contributed by atoms with E-state index in [0.717, 1.165) is 34.6 Å². The zero-order valence-corrected chi connectivity index (χ0v) is 17.7. The van der Waals surface area contributed by atoms with E-state index >= 15 is 0 Å². The molecule has 0 bridgehead atoms. The van der Waals surface area contributed by atoms with Gasteiger partial charge >= 0.3 is 0 Å². The number of nitrogens with zero attached hydrogens (tertiary/aromatic N) is 3. The van der Waals surface area contributed by atoms with E-state index in [1.807, 2.05) is 76.6 Å². The standard InChI is InChI=1S/C25H21N3O2S/c29-24-27(16-18-9-3-1-4-10-18)25(17-31-24)28-22(20-13-7-8-14-23(20)30-25)15-21(26-28)19-11-5-2-6-12-19/h1-14,22H,15-17H2.